The van der Waals surface area contributed by atoms with Gasteiger partial charge in [0, 0.05) is 28.4 Å². The summed E-state index contributed by atoms with van der Waals surface area (Å²) in [7, 11) is 0. The molecule has 0 saturated carbocycles. The molecule has 28 heavy (non-hydrogen) atoms. The van der Waals surface area contributed by atoms with Gasteiger partial charge in [-0.05, 0) is 30.3 Å². The highest BCUT2D eigenvalue weighted by Crippen LogP contribution is 2.33. The normalized spacial score (nSPS) is 16.6. The van der Waals surface area contributed by atoms with Gasteiger partial charge >= 0.3 is 6.09 Å². The number of H-pyrrole nitrogens is 1. The topological polar surface area (TPSA) is 103 Å². The first-order valence-corrected chi connectivity index (χ1v) is 9.48. The molecule has 1 fully saturated rings. The largest absolute Gasteiger partial charge is 0.441 e. The molecule has 3 heterocycles. The Balaban J connectivity index is 1.43. The Labute approximate surface area is 163 Å². The van der Waals surface area contributed by atoms with E-state index in [1.165, 1.54) is 22.3 Å². The highest BCUT2D eigenvalue weighted by molar-refractivity contribution is 7.15. The number of aliphatic hydroxyl groups is 1. The lowest BCUT2D eigenvalue weighted by atomic mass is 10.1. The van der Waals surface area contributed by atoms with Crippen LogP contribution in [0.5, 0.6) is 0 Å². The number of thiophene rings is 1. The van der Waals surface area contributed by atoms with Crippen molar-refractivity contribution in [1.29, 1.82) is 0 Å². The van der Waals surface area contributed by atoms with Crippen LogP contribution in [-0.2, 0) is 17.8 Å². The summed E-state index contributed by atoms with van der Waals surface area (Å²) in [5, 5.41) is 22.7. The number of nitrogens with one attached hydrogen (secondary N) is 2. The van der Waals surface area contributed by atoms with E-state index in [2.05, 4.69) is 20.7 Å². The lowest BCUT2D eigenvalue weighted by Crippen LogP contribution is -2.25. The van der Waals surface area contributed by atoms with E-state index >= 15 is 0 Å². The summed E-state index contributed by atoms with van der Waals surface area (Å²) < 4.78 is 19.7. The third-order valence-corrected chi connectivity index (χ3v) is 5.46. The standard InChI is InChI=1S/C18H18FN5O3S/c19-16-5-12(24-9-13(10-25)27-18(24)26)1-3-15(16)17-4-2-14(28-17)8-20-6-11-7-21-23-22-11/h1-5,7,13,20,25H,6,8-10H2,(H,21,22,23)/t13-/m1/s1. The molecule has 3 aromatic rings. The molecule has 0 spiro atoms. The van der Waals surface area contributed by atoms with Crippen LogP contribution in [-0.4, -0.2) is 45.9 Å². The molecule has 3 N–H and O–H groups in total. The summed E-state index contributed by atoms with van der Waals surface area (Å²) in [6.07, 6.45) is 0.491. The highest BCUT2D eigenvalue weighted by atomic mass is 32.1. The number of halogens is 1. The molecular formula is C18H18FN5O3S. The Morgan fingerprint density at radius 3 is 2.96 bits per heavy atom. The van der Waals surface area contributed by atoms with Crippen molar-refractivity contribution >= 4 is 23.1 Å². The van der Waals surface area contributed by atoms with Gasteiger partial charge in [0.25, 0.3) is 0 Å². The number of carbonyl (C=O) groups is 1. The van der Waals surface area contributed by atoms with Crippen molar-refractivity contribution in [2.45, 2.75) is 19.2 Å². The number of aliphatic hydroxyl groups excluding tert-OH is 1. The van der Waals surface area contributed by atoms with Crippen LogP contribution >= 0.6 is 11.3 Å². The first kappa shape index (κ1) is 18.5. The van der Waals surface area contributed by atoms with Crippen molar-refractivity contribution in [2.75, 3.05) is 18.1 Å². The first-order valence-electron chi connectivity index (χ1n) is 8.67. The van der Waals surface area contributed by atoms with Gasteiger partial charge in [-0.3, -0.25) is 4.90 Å². The summed E-state index contributed by atoms with van der Waals surface area (Å²) >= 11 is 1.50. The molecule has 0 aliphatic carbocycles. The van der Waals surface area contributed by atoms with Crippen LogP contribution in [0.15, 0.2) is 36.5 Å². The quantitative estimate of drug-likeness (QED) is 0.559. The first-order chi connectivity index (χ1) is 13.6. The molecule has 0 bridgehead atoms. The van der Waals surface area contributed by atoms with Crippen LogP contribution in [0.4, 0.5) is 14.9 Å². The minimum atomic E-state index is -0.583. The molecule has 1 amide bonds. The summed E-state index contributed by atoms with van der Waals surface area (Å²) in [6, 6.07) is 8.48. The van der Waals surface area contributed by atoms with Gasteiger partial charge in [-0.2, -0.15) is 15.4 Å². The van der Waals surface area contributed by atoms with Gasteiger partial charge in [0.2, 0.25) is 0 Å². The second-order valence-corrected chi connectivity index (χ2v) is 7.46. The number of hydrogen-bond acceptors (Lipinski definition) is 7. The van der Waals surface area contributed by atoms with Crippen LogP contribution in [0.2, 0.25) is 0 Å². The number of ether oxygens (including phenoxy) is 1. The van der Waals surface area contributed by atoms with Crippen molar-refractivity contribution in [1.82, 2.24) is 20.7 Å². The highest BCUT2D eigenvalue weighted by Gasteiger charge is 2.32. The van der Waals surface area contributed by atoms with E-state index in [0.29, 0.717) is 24.3 Å². The van der Waals surface area contributed by atoms with Gasteiger partial charge in [0.1, 0.15) is 11.9 Å². The fourth-order valence-electron chi connectivity index (χ4n) is 2.94. The molecule has 1 aliphatic heterocycles. The zero-order valence-electron chi connectivity index (χ0n) is 14.8. The zero-order chi connectivity index (χ0) is 19.5. The SMILES string of the molecule is O=C1O[C@@H](CO)CN1c1ccc(-c2ccc(CNCc3cn[nH]n3)s2)c(F)c1. The van der Waals surface area contributed by atoms with Crippen molar-refractivity contribution in [3.63, 3.8) is 0 Å². The molecule has 8 nitrogen and oxygen atoms in total. The Morgan fingerprint density at radius 1 is 1.36 bits per heavy atom. The Kier molecular flexibility index (Phi) is 5.33. The Morgan fingerprint density at radius 2 is 2.25 bits per heavy atom. The van der Waals surface area contributed by atoms with Gasteiger partial charge in [0.15, 0.2) is 0 Å². The second-order valence-electron chi connectivity index (χ2n) is 6.29. The Bertz CT molecular complexity index is 962. The number of carbonyl (C=O) groups excluding carboxylic acids is 1. The van der Waals surface area contributed by atoms with E-state index in [-0.39, 0.29) is 13.2 Å². The second kappa shape index (κ2) is 8.05. The molecule has 4 rings (SSSR count). The number of amides is 1. The smallest absolute Gasteiger partial charge is 0.414 e. The molecular weight excluding hydrogens is 385 g/mol. The van der Waals surface area contributed by atoms with Crippen LogP contribution in [0.25, 0.3) is 10.4 Å². The average molecular weight is 403 g/mol. The summed E-state index contributed by atoms with van der Waals surface area (Å²) in [5.41, 5.74) is 1.71. The zero-order valence-corrected chi connectivity index (χ0v) is 15.6. The number of cyclic esters (lactones) is 1. The molecule has 146 valence electrons. The van der Waals surface area contributed by atoms with Gasteiger partial charge in [-0.15, -0.1) is 11.3 Å². The molecule has 10 heteroatoms. The molecule has 1 saturated heterocycles. The van der Waals surface area contributed by atoms with E-state index in [0.717, 1.165) is 15.4 Å². The number of anilines is 1. The maximum atomic E-state index is 14.7. The fourth-order valence-corrected chi connectivity index (χ4v) is 3.95. The summed E-state index contributed by atoms with van der Waals surface area (Å²) in [5.74, 6) is -0.415. The lowest BCUT2D eigenvalue weighted by Gasteiger charge is -2.13. The number of benzene rings is 1. The Hall–Kier alpha value is -2.82. The van der Waals surface area contributed by atoms with Gasteiger partial charge < -0.3 is 15.2 Å². The van der Waals surface area contributed by atoms with Crippen molar-refractivity contribution < 1.29 is 19.0 Å². The summed E-state index contributed by atoms with van der Waals surface area (Å²) in [6.45, 7) is 1.17. The third kappa shape index (κ3) is 3.88. The predicted molar refractivity (Wildman–Crippen MR) is 101 cm³/mol. The van der Waals surface area contributed by atoms with E-state index in [9.17, 15) is 9.18 Å². The number of nitrogens with zero attached hydrogens (tertiary/aromatic N) is 3. The van der Waals surface area contributed by atoms with Crippen molar-refractivity contribution in [3.8, 4) is 10.4 Å². The minimum Gasteiger partial charge on any atom is -0.441 e. The van der Waals surface area contributed by atoms with Crippen molar-refractivity contribution in [3.05, 3.63) is 52.9 Å². The minimum absolute atomic E-state index is 0.203. The molecule has 1 atom stereocenters. The maximum absolute atomic E-state index is 14.7. The van der Waals surface area contributed by atoms with Crippen LogP contribution in [0.1, 0.15) is 10.6 Å². The predicted octanol–water partition coefficient (Wildman–Crippen LogP) is 2.28. The molecule has 1 aliphatic rings. The molecule has 1 aromatic carbocycles. The van der Waals surface area contributed by atoms with E-state index in [4.69, 9.17) is 9.84 Å². The van der Waals surface area contributed by atoms with Gasteiger partial charge in [-0.25, -0.2) is 9.18 Å². The average Bonchev–Trinajstić information content (AvgIpc) is 3.43. The molecule has 2 aromatic heterocycles. The fraction of sp³-hybridized carbons (Fsp3) is 0.278. The number of hydrogen-bond donors (Lipinski definition) is 3. The van der Waals surface area contributed by atoms with Gasteiger partial charge in [-0.1, -0.05) is 0 Å². The number of aromatic nitrogens is 3. The number of aromatic amines is 1. The molecule has 0 unspecified atom stereocenters. The maximum Gasteiger partial charge on any atom is 0.414 e. The monoisotopic (exact) mass is 403 g/mol. The van der Waals surface area contributed by atoms with E-state index in [1.807, 2.05) is 12.1 Å². The van der Waals surface area contributed by atoms with E-state index in [1.54, 1.807) is 18.3 Å². The van der Waals surface area contributed by atoms with Crippen LogP contribution in [0.3, 0.4) is 0 Å². The lowest BCUT2D eigenvalue weighted by molar-refractivity contribution is 0.0963. The third-order valence-electron chi connectivity index (χ3n) is 4.34. The van der Waals surface area contributed by atoms with Crippen molar-refractivity contribution in [2.24, 2.45) is 0 Å². The number of rotatable bonds is 7. The van der Waals surface area contributed by atoms with E-state index < -0.39 is 18.0 Å². The van der Waals surface area contributed by atoms with Crippen LogP contribution in [0, 0.1) is 5.82 Å². The summed E-state index contributed by atoms with van der Waals surface area (Å²) in [4.78, 5) is 15.0. The van der Waals surface area contributed by atoms with Crippen LogP contribution < -0.4 is 10.2 Å². The van der Waals surface area contributed by atoms with Gasteiger partial charge in [0.05, 0.1) is 30.7 Å². The molecule has 0 radical (unpaired) electrons.